The summed E-state index contributed by atoms with van der Waals surface area (Å²) in [4.78, 5) is 4.18. The minimum absolute atomic E-state index is 0.0428. The molecule has 0 saturated carbocycles. The number of hydroxylamine groups is 1. The molecule has 0 aliphatic heterocycles. The second kappa shape index (κ2) is 9.00. The van der Waals surface area contributed by atoms with Crippen LogP contribution in [-0.2, 0) is 10.0 Å². The van der Waals surface area contributed by atoms with Gasteiger partial charge in [0.1, 0.15) is 10.8 Å². The Hall–Kier alpha value is -1.12. The maximum atomic E-state index is 13.3. The lowest BCUT2D eigenvalue weighted by Crippen LogP contribution is -2.21. The van der Waals surface area contributed by atoms with Gasteiger partial charge in [0.25, 0.3) is 0 Å². The number of primary sulfonamides is 1. The maximum absolute atomic E-state index is 13.3. The van der Waals surface area contributed by atoms with Crippen LogP contribution in [0.15, 0.2) is 32.7 Å². The molecule has 0 atom stereocenters. The molecule has 25 heavy (non-hydrogen) atoms. The molecule has 0 unspecified atom stereocenters. The summed E-state index contributed by atoms with van der Waals surface area (Å²) in [5.74, 6) is -0.0641. The van der Waals surface area contributed by atoms with Crippen molar-refractivity contribution in [2.75, 3.05) is 11.5 Å². The molecule has 0 amide bonds. The average molecular weight is 470 g/mol. The summed E-state index contributed by atoms with van der Waals surface area (Å²) in [6.07, 6.45) is 0.352. The number of nitrogens with two attached hydrogens (primary N) is 1. The second-order valence-electron chi connectivity index (χ2n) is 4.66. The zero-order valence-electron chi connectivity index (χ0n) is 12.5. The van der Waals surface area contributed by atoms with E-state index in [0.29, 0.717) is 28.6 Å². The van der Waals surface area contributed by atoms with Crippen molar-refractivity contribution >= 4 is 61.0 Å². The van der Waals surface area contributed by atoms with E-state index in [0.717, 1.165) is 11.7 Å². The van der Waals surface area contributed by atoms with Gasteiger partial charge in [0.2, 0.25) is 10.0 Å². The standard InChI is InChI=1S/C12H13BrFN5O3S3/c13-8-6-7(2-3-9(8)14)16-11(17-20)10-12(19-24-18-10)23-4-1-5-25(15,21)22/h2-3,6,20H,1,4-5H2,(H,16,17)(H2,15,21,22). The van der Waals surface area contributed by atoms with Crippen LogP contribution >= 0.6 is 39.4 Å². The highest BCUT2D eigenvalue weighted by molar-refractivity contribution is 9.10. The number of sulfonamides is 1. The van der Waals surface area contributed by atoms with Crippen LogP contribution < -0.4 is 10.6 Å². The third kappa shape index (κ3) is 6.27. The van der Waals surface area contributed by atoms with Gasteiger partial charge in [0.15, 0.2) is 11.5 Å². The van der Waals surface area contributed by atoms with Crippen molar-refractivity contribution in [2.24, 2.45) is 10.1 Å². The molecule has 0 aliphatic carbocycles. The summed E-state index contributed by atoms with van der Waals surface area (Å²) in [5.41, 5.74) is 2.66. The predicted molar refractivity (Wildman–Crippen MR) is 98.4 cm³/mol. The second-order valence-corrected chi connectivity index (χ2v) is 8.86. The Morgan fingerprint density at radius 3 is 2.88 bits per heavy atom. The number of aromatic nitrogens is 2. The molecule has 136 valence electrons. The van der Waals surface area contributed by atoms with Crippen LogP contribution in [-0.4, -0.2) is 39.7 Å². The van der Waals surface area contributed by atoms with Gasteiger partial charge in [0, 0.05) is 5.75 Å². The first-order valence-electron chi connectivity index (χ1n) is 6.70. The van der Waals surface area contributed by atoms with E-state index in [9.17, 15) is 18.0 Å². The van der Waals surface area contributed by atoms with Crippen molar-refractivity contribution in [2.45, 2.75) is 11.4 Å². The molecular formula is C12H13BrFN5O3S3. The van der Waals surface area contributed by atoms with Gasteiger partial charge in [-0.05, 0) is 40.5 Å². The number of hydrogen-bond acceptors (Lipinski definition) is 8. The zero-order valence-corrected chi connectivity index (χ0v) is 16.6. The number of aliphatic imine (C=N–C) groups is 1. The van der Waals surface area contributed by atoms with Gasteiger partial charge in [0.05, 0.1) is 27.6 Å². The highest BCUT2D eigenvalue weighted by Gasteiger charge is 2.16. The Morgan fingerprint density at radius 2 is 2.24 bits per heavy atom. The van der Waals surface area contributed by atoms with E-state index in [1.165, 1.54) is 30.0 Å². The van der Waals surface area contributed by atoms with E-state index in [2.05, 4.69) is 29.7 Å². The molecule has 4 N–H and O–H groups in total. The van der Waals surface area contributed by atoms with E-state index in [4.69, 9.17) is 5.14 Å². The van der Waals surface area contributed by atoms with Gasteiger partial charge < -0.3 is 0 Å². The van der Waals surface area contributed by atoms with Crippen LogP contribution in [0.3, 0.4) is 0 Å². The van der Waals surface area contributed by atoms with Crippen LogP contribution in [0.5, 0.6) is 0 Å². The lowest BCUT2D eigenvalue weighted by atomic mass is 10.3. The highest BCUT2D eigenvalue weighted by Crippen LogP contribution is 2.25. The fourth-order valence-corrected chi connectivity index (χ4v) is 4.35. The van der Waals surface area contributed by atoms with E-state index >= 15 is 0 Å². The molecule has 0 bridgehead atoms. The molecule has 0 fully saturated rings. The summed E-state index contributed by atoms with van der Waals surface area (Å²) in [5, 5.41) is 14.8. The van der Waals surface area contributed by atoms with Crippen LogP contribution in [0.4, 0.5) is 10.1 Å². The van der Waals surface area contributed by atoms with E-state index in [-0.39, 0.29) is 16.1 Å². The number of nitrogens with zero attached hydrogens (tertiary/aromatic N) is 3. The largest absolute Gasteiger partial charge is 0.290 e. The summed E-state index contributed by atoms with van der Waals surface area (Å²) >= 11 is 5.26. The van der Waals surface area contributed by atoms with Gasteiger partial charge in [-0.1, -0.05) is 0 Å². The Bertz CT molecular complexity index is 875. The summed E-state index contributed by atoms with van der Waals surface area (Å²) in [7, 11) is -3.50. The first-order chi connectivity index (χ1) is 11.8. The fraction of sp³-hybridized carbons (Fsp3) is 0.250. The SMILES string of the molecule is NS(=O)(=O)CCCSc1nsnc1C(=Nc1ccc(F)c(Br)c1)NO. The number of hydrogen-bond donors (Lipinski definition) is 3. The molecule has 0 saturated heterocycles. The minimum atomic E-state index is -3.50. The Morgan fingerprint density at radius 1 is 1.48 bits per heavy atom. The van der Waals surface area contributed by atoms with Crippen molar-refractivity contribution in [3.8, 4) is 0 Å². The third-order valence-electron chi connectivity index (χ3n) is 2.74. The molecule has 1 aromatic heterocycles. The molecule has 0 aliphatic rings. The maximum Gasteiger partial charge on any atom is 0.209 e. The number of amidine groups is 1. The van der Waals surface area contributed by atoms with Crippen molar-refractivity contribution in [1.82, 2.24) is 14.2 Å². The molecule has 2 rings (SSSR count). The van der Waals surface area contributed by atoms with Gasteiger partial charge in [-0.3, -0.25) is 10.7 Å². The smallest absolute Gasteiger partial charge is 0.209 e. The highest BCUT2D eigenvalue weighted by atomic mass is 79.9. The quantitative estimate of drug-likeness (QED) is 0.186. The number of nitrogens with one attached hydrogen (secondary N) is 1. The van der Waals surface area contributed by atoms with Crippen LogP contribution in [0.25, 0.3) is 0 Å². The third-order valence-corrected chi connectivity index (χ3v) is 5.90. The Labute approximate surface area is 160 Å². The van der Waals surface area contributed by atoms with E-state index in [1.54, 1.807) is 0 Å². The van der Waals surface area contributed by atoms with Gasteiger partial charge >= 0.3 is 0 Å². The Kier molecular flexibility index (Phi) is 7.27. The fourth-order valence-electron chi connectivity index (χ4n) is 1.66. The van der Waals surface area contributed by atoms with Crippen LogP contribution in [0.1, 0.15) is 12.1 Å². The molecule has 0 spiro atoms. The van der Waals surface area contributed by atoms with Crippen LogP contribution in [0, 0.1) is 5.82 Å². The first kappa shape index (κ1) is 20.2. The van der Waals surface area contributed by atoms with Gasteiger partial charge in [-0.2, -0.15) is 8.75 Å². The molecule has 8 nitrogen and oxygen atoms in total. The number of rotatable bonds is 7. The zero-order chi connectivity index (χ0) is 18.4. The van der Waals surface area contributed by atoms with E-state index < -0.39 is 15.8 Å². The number of halogens is 2. The van der Waals surface area contributed by atoms with Crippen molar-refractivity contribution < 1.29 is 18.0 Å². The topological polar surface area (TPSA) is 131 Å². The minimum Gasteiger partial charge on any atom is -0.290 e. The monoisotopic (exact) mass is 469 g/mol. The lowest BCUT2D eigenvalue weighted by molar-refractivity contribution is 0.234. The summed E-state index contributed by atoms with van der Waals surface area (Å²) in [6.45, 7) is 0. The first-order valence-corrected chi connectivity index (χ1v) is 10.9. The molecule has 2 aromatic rings. The number of benzene rings is 1. The summed E-state index contributed by atoms with van der Waals surface area (Å²) in [6, 6.07) is 4.13. The van der Waals surface area contributed by atoms with Gasteiger partial charge in [-0.25, -0.2) is 22.9 Å². The Balaban J connectivity index is 2.14. The van der Waals surface area contributed by atoms with Crippen molar-refractivity contribution in [3.63, 3.8) is 0 Å². The van der Waals surface area contributed by atoms with Crippen molar-refractivity contribution in [1.29, 1.82) is 0 Å². The summed E-state index contributed by atoms with van der Waals surface area (Å²) < 4.78 is 43.5. The molecule has 1 heterocycles. The molecule has 0 radical (unpaired) electrons. The molecule has 13 heteroatoms. The van der Waals surface area contributed by atoms with Crippen molar-refractivity contribution in [3.05, 3.63) is 34.2 Å². The predicted octanol–water partition coefficient (Wildman–Crippen LogP) is 2.27. The molecule has 1 aromatic carbocycles. The van der Waals surface area contributed by atoms with Gasteiger partial charge in [-0.15, -0.1) is 11.8 Å². The normalized spacial score (nSPS) is 12.4. The lowest BCUT2D eigenvalue weighted by Gasteiger charge is -2.05. The number of thioether (sulfide) groups is 1. The van der Waals surface area contributed by atoms with E-state index in [1.807, 2.05) is 5.48 Å². The average Bonchev–Trinajstić information content (AvgIpc) is 3.00. The van der Waals surface area contributed by atoms with Crippen LogP contribution in [0.2, 0.25) is 0 Å². The molecular weight excluding hydrogens is 457 g/mol.